The first kappa shape index (κ1) is 17.7. The highest BCUT2D eigenvalue weighted by Crippen LogP contribution is 2.27. The number of amides is 1. The van der Waals surface area contributed by atoms with E-state index in [4.69, 9.17) is 4.74 Å². The van der Waals surface area contributed by atoms with Gasteiger partial charge < -0.3 is 14.7 Å². The molecule has 0 fully saturated rings. The quantitative estimate of drug-likeness (QED) is 0.837. The molecule has 1 atom stereocenters. The van der Waals surface area contributed by atoms with E-state index in [1.807, 2.05) is 26.0 Å². The lowest BCUT2D eigenvalue weighted by Crippen LogP contribution is -2.40. The predicted octanol–water partition coefficient (Wildman–Crippen LogP) is 2.74. The number of aromatic nitrogens is 1. The van der Waals surface area contributed by atoms with Gasteiger partial charge >= 0.3 is 5.97 Å². The Labute approximate surface area is 151 Å². The predicted molar refractivity (Wildman–Crippen MR) is 96.1 cm³/mol. The van der Waals surface area contributed by atoms with Crippen LogP contribution in [0.5, 0.6) is 5.75 Å². The monoisotopic (exact) mass is 352 g/mol. The lowest BCUT2D eigenvalue weighted by Gasteiger charge is -2.22. The summed E-state index contributed by atoms with van der Waals surface area (Å²) in [6, 6.07) is 6.35. The van der Waals surface area contributed by atoms with E-state index >= 15 is 0 Å². The number of ether oxygens (including phenoxy) is 1. The average Bonchev–Trinajstić information content (AvgIpc) is 3.11. The Morgan fingerprint density at radius 1 is 1.31 bits per heavy atom. The first-order valence-electron chi connectivity index (χ1n) is 8.30. The van der Waals surface area contributed by atoms with Crippen LogP contribution in [0, 0.1) is 13.8 Å². The van der Waals surface area contributed by atoms with Crippen LogP contribution in [-0.2, 0) is 11.4 Å². The molecule has 1 N–H and O–H groups in total. The Balaban J connectivity index is 1.78. The van der Waals surface area contributed by atoms with Gasteiger partial charge in [-0.05, 0) is 43.2 Å². The molecule has 0 spiro atoms. The average molecular weight is 352 g/mol. The number of aryl methyl sites for hydroxylation is 2. The number of carbonyl (C=O) groups is 2. The zero-order chi connectivity index (χ0) is 18.7. The Kier molecular flexibility index (Phi) is 5.02. The molecule has 134 valence electrons. The van der Waals surface area contributed by atoms with E-state index < -0.39 is 12.0 Å². The largest absolute Gasteiger partial charge is 0.488 e. The molecule has 2 aromatic rings. The maximum atomic E-state index is 12.7. The SMILES string of the molecule is Cc1cc(C(=O)N2CC=CC2C(=O)O)cc(C)c1OCc1cccnc1. The van der Waals surface area contributed by atoms with Crippen LogP contribution in [0.2, 0.25) is 0 Å². The van der Waals surface area contributed by atoms with Crippen molar-refractivity contribution in [3.8, 4) is 5.75 Å². The zero-order valence-electron chi connectivity index (χ0n) is 14.7. The summed E-state index contributed by atoms with van der Waals surface area (Å²) in [7, 11) is 0. The van der Waals surface area contributed by atoms with E-state index in [1.54, 1.807) is 30.6 Å². The molecule has 6 heteroatoms. The van der Waals surface area contributed by atoms with Crippen molar-refractivity contribution in [2.45, 2.75) is 26.5 Å². The smallest absolute Gasteiger partial charge is 0.330 e. The van der Waals surface area contributed by atoms with Gasteiger partial charge in [0.2, 0.25) is 0 Å². The molecule has 3 rings (SSSR count). The number of benzene rings is 1. The van der Waals surface area contributed by atoms with Crippen LogP contribution in [0.4, 0.5) is 0 Å². The Bertz CT molecular complexity index is 838. The number of pyridine rings is 1. The molecule has 1 aromatic carbocycles. The minimum absolute atomic E-state index is 0.299. The summed E-state index contributed by atoms with van der Waals surface area (Å²) in [5.74, 6) is -0.607. The molecule has 1 aliphatic heterocycles. The van der Waals surface area contributed by atoms with Crippen LogP contribution >= 0.6 is 0 Å². The number of carboxylic acid groups (broad SMARTS) is 1. The van der Waals surface area contributed by atoms with Crippen LogP contribution in [0.1, 0.15) is 27.0 Å². The van der Waals surface area contributed by atoms with Crippen molar-refractivity contribution in [3.05, 3.63) is 71.1 Å². The minimum atomic E-state index is -1.03. The number of aliphatic carboxylic acids is 1. The third-order valence-electron chi connectivity index (χ3n) is 4.28. The highest BCUT2D eigenvalue weighted by atomic mass is 16.5. The van der Waals surface area contributed by atoms with Gasteiger partial charge in [0.1, 0.15) is 18.4 Å². The Morgan fingerprint density at radius 2 is 2.04 bits per heavy atom. The van der Waals surface area contributed by atoms with Crippen LogP contribution in [0.25, 0.3) is 0 Å². The third kappa shape index (κ3) is 3.59. The van der Waals surface area contributed by atoms with Crippen molar-refractivity contribution >= 4 is 11.9 Å². The van der Waals surface area contributed by atoms with Crippen LogP contribution < -0.4 is 4.74 Å². The number of carboxylic acids is 1. The van der Waals surface area contributed by atoms with E-state index in [0.29, 0.717) is 18.7 Å². The van der Waals surface area contributed by atoms with Gasteiger partial charge in [0, 0.05) is 30.1 Å². The Hall–Kier alpha value is -3.15. The number of hydrogen-bond acceptors (Lipinski definition) is 4. The lowest BCUT2D eigenvalue weighted by atomic mass is 10.0. The fourth-order valence-electron chi connectivity index (χ4n) is 3.05. The second-order valence-corrected chi connectivity index (χ2v) is 6.26. The molecule has 2 heterocycles. The van der Waals surface area contributed by atoms with Crippen molar-refractivity contribution in [1.29, 1.82) is 0 Å². The van der Waals surface area contributed by atoms with Gasteiger partial charge in [-0.25, -0.2) is 4.79 Å². The van der Waals surface area contributed by atoms with Gasteiger partial charge in [0.25, 0.3) is 5.91 Å². The van der Waals surface area contributed by atoms with Crippen molar-refractivity contribution in [1.82, 2.24) is 9.88 Å². The van der Waals surface area contributed by atoms with Crippen molar-refractivity contribution < 1.29 is 19.4 Å². The molecule has 0 saturated carbocycles. The summed E-state index contributed by atoms with van der Waals surface area (Å²) in [6.45, 7) is 4.44. The normalized spacial score (nSPS) is 15.9. The summed E-state index contributed by atoms with van der Waals surface area (Å²) in [5.41, 5.74) is 3.08. The molecule has 26 heavy (non-hydrogen) atoms. The second kappa shape index (κ2) is 7.39. The number of nitrogens with zero attached hydrogens (tertiary/aromatic N) is 2. The zero-order valence-corrected chi connectivity index (χ0v) is 14.7. The summed E-state index contributed by atoms with van der Waals surface area (Å²) < 4.78 is 5.90. The van der Waals surface area contributed by atoms with Crippen molar-refractivity contribution in [2.75, 3.05) is 6.54 Å². The van der Waals surface area contributed by atoms with E-state index in [1.165, 1.54) is 11.0 Å². The van der Waals surface area contributed by atoms with Crippen LogP contribution in [0.3, 0.4) is 0 Å². The van der Waals surface area contributed by atoms with Gasteiger partial charge in [-0.1, -0.05) is 18.2 Å². The molecule has 1 aromatic heterocycles. The minimum Gasteiger partial charge on any atom is -0.488 e. The summed E-state index contributed by atoms with van der Waals surface area (Å²) in [5, 5.41) is 9.24. The van der Waals surface area contributed by atoms with Gasteiger partial charge in [-0.3, -0.25) is 9.78 Å². The van der Waals surface area contributed by atoms with Crippen LogP contribution in [-0.4, -0.2) is 39.5 Å². The summed E-state index contributed by atoms with van der Waals surface area (Å²) in [6.07, 6.45) is 6.68. The molecule has 0 saturated heterocycles. The number of carbonyl (C=O) groups excluding carboxylic acids is 1. The first-order valence-corrected chi connectivity index (χ1v) is 8.30. The molecule has 1 aliphatic rings. The third-order valence-corrected chi connectivity index (χ3v) is 4.28. The molecular formula is C20H20N2O4. The Morgan fingerprint density at radius 3 is 2.65 bits per heavy atom. The van der Waals surface area contributed by atoms with Gasteiger partial charge in [0.05, 0.1) is 0 Å². The standard InChI is InChI=1S/C20H20N2O4/c1-13-9-16(19(23)22-8-4-6-17(22)20(24)25)10-14(2)18(13)26-12-15-5-3-7-21-11-15/h3-7,9-11,17H,8,12H2,1-2H3,(H,24,25). The highest BCUT2D eigenvalue weighted by Gasteiger charge is 2.31. The second-order valence-electron chi connectivity index (χ2n) is 6.26. The fourth-order valence-corrected chi connectivity index (χ4v) is 3.05. The topological polar surface area (TPSA) is 79.7 Å². The van der Waals surface area contributed by atoms with E-state index in [2.05, 4.69) is 4.98 Å². The molecule has 1 amide bonds. The summed E-state index contributed by atoms with van der Waals surface area (Å²) >= 11 is 0. The molecule has 0 aliphatic carbocycles. The van der Waals surface area contributed by atoms with Crippen molar-refractivity contribution in [2.24, 2.45) is 0 Å². The van der Waals surface area contributed by atoms with Gasteiger partial charge in [-0.2, -0.15) is 0 Å². The van der Waals surface area contributed by atoms with Crippen LogP contribution in [0.15, 0.2) is 48.8 Å². The van der Waals surface area contributed by atoms with E-state index in [9.17, 15) is 14.7 Å². The molecule has 0 bridgehead atoms. The highest BCUT2D eigenvalue weighted by molar-refractivity contribution is 5.98. The molecule has 1 unspecified atom stereocenters. The summed E-state index contributed by atoms with van der Waals surface area (Å²) in [4.78, 5) is 29.4. The van der Waals surface area contributed by atoms with E-state index in [0.717, 1.165) is 22.4 Å². The maximum Gasteiger partial charge on any atom is 0.330 e. The van der Waals surface area contributed by atoms with Gasteiger partial charge in [-0.15, -0.1) is 0 Å². The van der Waals surface area contributed by atoms with E-state index in [-0.39, 0.29) is 5.91 Å². The molecule has 6 nitrogen and oxygen atoms in total. The maximum absolute atomic E-state index is 12.7. The first-order chi connectivity index (χ1) is 12.5. The van der Waals surface area contributed by atoms with Crippen molar-refractivity contribution in [3.63, 3.8) is 0 Å². The number of hydrogen-bond donors (Lipinski definition) is 1. The van der Waals surface area contributed by atoms with Gasteiger partial charge in [0.15, 0.2) is 0 Å². The fraction of sp³-hybridized carbons (Fsp3) is 0.250. The molecule has 0 radical (unpaired) electrons. The lowest BCUT2D eigenvalue weighted by molar-refractivity contribution is -0.140. The number of rotatable bonds is 5. The molecular weight excluding hydrogens is 332 g/mol.